The fraction of sp³-hybridized carbons (Fsp3) is 1.00. The van der Waals surface area contributed by atoms with Crippen molar-refractivity contribution in [2.75, 3.05) is 39.8 Å². The van der Waals surface area contributed by atoms with Crippen molar-refractivity contribution in [2.24, 2.45) is 0 Å². The highest BCUT2D eigenvalue weighted by Crippen LogP contribution is 2.09. The van der Waals surface area contributed by atoms with Crippen LogP contribution in [0.15, 0.2) is 0 Å². The SMILES string of the molecule is CCCNC(CC)CCCN1CCN(C)C(C)C1. The number of hydrogen-bond acceptors (Lipinski definition) is 3. The summed E-state index contributed by atoms with van der Waals surface area (Å²) in [5, 5.41) is 3.65. The van der Waals surface area contributed by atoms with Gasteiger partial charge >= 0.3 is 0 Å². The van der Waals surface area contributed by atoms with Gasteiger partial charge in [0.05, 0.1) is 0 Å². The van der Waals surface area contributed by atoms with Gasteiger partial charge in [0.25, 0.3) is 0 Å². The second kappa shape index (κ2) is 8.89. The van der Waals surface area contributed by atoms with Gasteiger partial charge in [-0.05, 0) is 52.7 Å². The summed E-state index contributed by atoms with van der Waals surface area (Å²) in [6, 6.07) is 1.45. The summed E-state index contributed by atoms with van der Waals surface area (Å²) in [4.78, 5) is 5.10. The van der Waals surface area contributed by atoms with Crippen molar-refractivity contribution in [3.05, 3.63) is 0 Å². The topological polar surface area (TPSA) is 18.5 Å². The monoisotopic (exact) mass is 255 g/mol. The van der Waals surface area contributed by atoms with Gasteiger partial charge in [-0.3, -0.25) is 0 Å². The molecule has 0 aromatic heterocycles. The molecule has 1 N–H and O–H groups in total. The van der Waals surface area contributed by atoms with E-state index in [1.807, 2.05) is 0 Å². The third-order valence-electron chi connectivity index (χ3n) is 4.25. The third-order valence-corrected chi connectivity index (χ3v) is 4.25. The van der Waals surface area contributed by atoms with E-state index in [9.17, 15) is 0 Å². The molecule has 0 amide bonds. The van der Waals surface area contributed by atoms with E-state index in [0.717, 1.165) is 12.1 Å². The summed E-state index contributed by atoms with van der Waals surface area (Å²) in [7, 11) is 2.24. The fourth-order valence-electron chi connectivity index (χ4n) is 2.69. The Bertz CT molecular complexity index is 208. The van der Waals surface area contributed by atoms with E-state index in [2.05, 4.69) is 42.9 Å². The normalized spacial score (nSPS) is 24.3. The third kappa shape index (κ3) is 5.68. The molecule has 18 heavy (non-hydrogen) atoms. The van der Waals surface area contributed by atoms with Gasteiger partial charge in [0.2, 0.25) is 0 Å². The molecule has 1 saturated heterocycles. The van der Waals surface area contributed by atoms with E-state index in [1.165, 1.54) is 58.4 Å². The molecule has 1 aliphatic rings. The first kappa shape index (κ1) is 15.9. The van der Waals surface area contributed by atoms with Gasteiger partial charge in [0.1, 0.15) is 0 Å². The van der Waals surface area contributed by atoms with Crippen LogP contribution in [0.25, 0.3) is 0 Å². The molecule has 1 aliphatic heterocycles. The Balaban J connectivity index is 2.12. The van der Waals surface area contributed by atoms with Crippen LogP contribution in [-0.2, 0) is 0 Å². The predicted molar refractivity (Wildman–Crippen MR) is 80.1 cm³/mol. The first-order valence-corrected chi connectivity index (χ1v) is 7.83. The first-order chi connectivity index (χ1) is 8.67. The summed E-state index contributed by atoms with van der Waals surface area (Å²) >= 11 is 0. The van der Waals surface area contributed by atoms with Crippen molar-refractivity contribution >= 4 is 0 Å². The average molecular weight is 255 g/mol. The van der Waals surface area contributed by atoms with Gasteiger partial charge in [-0.25, -0.2) is 0 Å². The zero-order valence-corrected chi connectivity index (χ0v) is 12.9. The summed E-state index contributed by atoms with van der Waals surface area (Å²) in [5.41, 5.74) is 0. The number of piperazine rings is 1. The average Bonchev–Trinajstić information content (AvgIpc) is 2.37. The summed E-state index contributed by atoms with van der Waals surface area (Å²) in [5.74, 6) is 0. The van der Waals surface area contributed by atoms with Gasteiger partial charge in [0.15, 0.2) is 0 Å². The van der Waals surface area contributed by atoms with Crippen LogP contribution in [0.4, 0.5) is 0 Å². The second-order valence-electron chi connectivity index (χ2n) is 5.83. The highest BCUT2D eigenvalue weighted by molar-refractivity contribution is 4.77. The number of nitrogens with zero attached hydrogens (tertiary/aromatic N) is 2. The van der Waals surface area contributed by atoms with Gasteiger partial charge in [-0.2, -0.15) is 0 Å². The molecule has 2 atom stereocenters. The lowest BCUT2D eigenvalue weighted by Crippen LogP contribution is -2.50. The predicted octanol–water partition coefficient (Wildman–Crippen LogP) is 2.18. The smallest absolute Gasteiger partial charge is 0.0192 e. The molecule has 3 nitrogen and oxygen atoms in total. The van der Waals surface area contributed by atoms with Crippen molar-refractivity contribution in [1.82, 2.24) is 15.1 Å². The molecular weight excluding hydrogens is 222 g/mol. The van der Waals surface area contributed by atoms with Gasteiger partial charge in [0, 0.05) is 31.7 Å². The molecule has 0 aromatic rings. The van der Waals surface area contributed by atoms with Crippen molar-refractivity contribution in [1.29, 1.82) is 0 Å². The van der Waals surface area contributed by atoms with Crippen LogP contribution in [0.1, 0.15) is 46.5 Å². The molecular formula is C15H33N3. The lowest BCUT2D eigenvalue weighted by Gasteiger charge is -2.37. The highest BCUT2D eigenvalue weighted by Gasteiger charge is 2.20. The Morgan fingerprint density at radius 2 is 2.06 bits per heavy atom. The van der Waals surface area contributed by atoms with Crippen LogP contribution in [-0.4, -0.2) is 61.7 Å². The van der Waals surface area contributed by atoms with E-state index in [4.69, 9.17) is 0 Å². The molecule has 1 heterocycles. The Kier molecular flexibility index (Phi) is 7.87. The molecule has 0 bridgehead atoms. The first-order valence-electron chi connectivity index (χ1n) is 7.83. The number of rotatable bonds is 8. The molecule has 0 radical (unpaired) electrons. The van der Waals surface area contributed by atoms with E-state index in [1.54, 1.807) is 0 Å². The lowest BCUT2D eigenvalue weighted by molar-refractivity contribution is 0.103. The molecule has 2 unspecified atom stereocenters. The maximum absolute atomic E-state index is 3.65. The summed E-state index contributed by atoms with van der Waals surface area (Å²) in [6.07, 6.45) is 5.18. The Morgan fingerprint density at radius 1 is 1.28 bits per heavy atom. The number of likely N-dealkylation sites (N-methyl/N-ethyl adjacent to an activating group) is 1. The van der Waals surface area contributed by atoms with Gasteiger partial charge in [-0.15, -0.1) is 0 Å². The molecule has 0 saturated carbocycles. The molecule has 1 rings (SSSR count). The minimum absolute atomic E-state index is 0.721. The van der Waals surface area contributed by atoms with Crippen LogP contribution in [0.3, 0.4) is 0 Å². The van der Waals surface area contributed by atoms with Gasteiger partial charge < -0.3 is 15.1 Å². The zero-order chi connectivity index (χ0) is 13.4. The second-order valence-corrected chi connectivity index (χ2v) is 5.83. The van der Waals surface area contributed by atoms with E-state index < -0.39 is 0 Å². The highest BCUT2D eigenvalue weighted by atomic mass is 15.3. The van der Waals surface area contributed by atoms with Crippen molar-refractivity contribution in [2.45, 2.75) is 58.5 Å². The number of nitrogens with one attached hydrogen (secondary N) is 1. The van der Waals surface area contributed by atoms with Crippen molar-refractivity contribution in [3.8, 4) is 0 Å². The van der Waals surface area contributed by atoms with Crippen LogP contribution >= 0.6 is 0 Å². The van der Waals surface area contributed by atoms with Crippen molar-refractivity contribution < 1.29 is 0 Å². The summed E-state index contributed by atoms with van der Waals surface area (Å²) < 4.78 is 0. The zero-order valence-electron chi connectivity index (χ0n) is 12.9. The molecule has 108 valence electrons. The molecule has 0 aromatic carbocycles. The van der Waals surface area contributed by atoms with E-state index in [-0.39, 0.29) is 0 Å². The molecule has 1 fully saturated rings. The van der Waals surface area contributed by atoms with Crippen LogP contribution in [0, 0.1) is 0 Å². The Morgan fingerprint density at radius 3 is 2.67 bits per heavy atom. The Labute approximate surface area is 114 Å². The number of hydrogen-bond donors (Lipinski definition) is 1. The van der Waals surface area contributed by atoms with Crippen LogP contribution in [0.2, 0.25) is 0 Å². The van der Waals surface area contributed by atoms with E-state index >= 15 is 0 Å². The Hall–Kier alpha value is -0.120. The van der Waals surface area contributed by atoms with Crippen LogP contribution < -0.4 is 5.32 Å². The lowest BCUT2D eigenvalue weighted by atomic mass is 10.1. The van der Waals surface area contributed by atoms with Crippen molar-refractivity contribution in [3.63, 3.8) is 0 Å². The molecule has 0 aliphatic carbocycles. The fourth-order valence-corrected chi connectivity index (χ4v) is 2.69. The summed E-state index contributed by atoms with van der Waals surface area (Å²) in [6.45, 7) is 13.1. The van der Waals surface area contributed by atoms with Crippen LogP contribution in [0.5, 0.6) is 0 Å². The quantitative estimate of drug-likeness (QED) is 0.717. The maximum atomic E-state index is 3.65. The van der Waals surface area contributed by atoms with E-state index in [0.29, 0.717) is 0 Å². The molecule has 0 spiro atoms. The minimum atomic E-state index is 0.721. The largest absolute Gasteiger partial charge is 0.314 e. The molecule has 3 heteroatoms. The van der Waals surface area contributed by atoms with Gasteiger partial charge in [-0.1, -0.05) is 13.8 Å². The standard InChI is InChI=1S/C15H33N3/c1-5-9-16-15(6-2)8-7-10-18-12-11-17(4)14(3)13-18/h14-16H,5-13H2,1-4H3. The minimum Gasteiger partial charge on any atom is -0.314 e. The maximum Gasteiger partial charge on any atom is 0.0192 e.